The molecule has 0 radical (unpaired) electrons. The molecule has 0 spiro atoms. The second kappa shape index (κ2) is 20.8. The van der Waals surface area contributed by atoms with Gasteiger partial charge in [0.05, 0.1) is 53.4 Å². The number of oxime groups is 1. The highest BCUT2D eigenvalue weighted by atomic mass is 16.7. The molecule has 19 atom stereocenters. The number of cyclic esters (lactones) is 1. The van der Waals surface area contributed by atoms with Crippen LogP contribution in [0.15, 0.2) is 5.16 Å². The van der Waals surface area contributed by atoms with Gasteiger partial charge in [-0.3, -0.25) is 4.79 Å². The molecule has 4 saturated heterocycles. The largest absolute Gasteiger partial charge is 0.459 e. The van der Waals surface area contributed by atoms with Gasteiger partial charge in [-0.2, -0.15) is 0 Å². The summed E-state index contributed by atoms with van der Waals surface area (Å²) in [6, 6.07) is -0.271. The summed E-state index contributed by atoms with van der Waals surface area (Å²) in [6.07, 6.45) is -6.61. The molecule has 0 aromatic heterocycles. The van der Waals surface area contributed by atoms with Crippen molar-refractivity contribution in [2.45, 2.75) is 198 Å². The summed E-state index contributed by atoms with van der Waals surface area (Å²) in [5.41, 5.74) is -3.61. The van der Waals surface area contributed by atoms with Crippen molar-refractivity contribution in [3.63, 3.8) is 0 Å². The Kier molecular flexibility index (Phi) is 17.6. The first-order chi connectivity index (χ1) is 27.5. The molecule has 4 heterocycles. The highest BCUT2D eigenvalue weighted by Crippen LogP contribution is 2.42. The molecule has 4 aliphatic heterocycles. The van der Waals surface area contributed by atoms with Gasteiger partial charge >= 0.3 is 5.97 Å². The van der Waals surface area contributed by atoms with Crippen LogP contribution in [0.2, 0.25) is 0 Å². The van der Waals surface area contributed by atoms with E-state index in [4.69, 9.17) is 43.2 Å². The molecule has 0 saturated carbocycles. The number of carbonyl (C=O) groups excluding carboxylic acids is 1. The Morgan fingerprint density at radius 3 is 2.15 bits per heavy atom. The van der Waals surface area contributed by atoms with Gasteiger partial charge in [0.25, 0.3) is 0 Å². The Balaban J connectivity index is 1.90. The Hall–Kier alpha value is -1.54. The number of nitrogens with one attached hydrogen (secondary N) is 1. The minimum absolute atomic E-state index is 0.142. The number of carbonyl (C=O) groups is 1. The molecule has 0 bridgehead atoms. The van der Waals surface area contributed by atoms with Crippen LogP contribution < -0.4 is 5.32 Å². The SMILES string of the molecule is CC[C@H]1OC(=O)[C@H](C)[C@@H](OC2CC(C)(OC)C(O)C(C)O2)[C@H](C)[C@@H](O[C@@H]2O[C@H](C)C[C@H](N(C)C)[C@H]2O)[C@](C)(OC)C[C@@H](C)/C(=N\OC2CCCNC2)[C@H](C)[C@@H](O)[C@]1(C)O. The zero-order chi connectivity index (χ0) is 44.2. The zero-order valence-corrected chi connectivity index (χ0v) is 38.3. The fourth-order valence-electron chi connectivity index (χ4n) is 9.81. The summed E-state index contributed by atoms with van der Waals surface area (Å²) in [7, 11) is 6.92. The van der Waals surface area contributed by atoms with E-state index in [1.54, 1.807) is 41.7 Å². The molecule has 5 N–H and O–H groups in total. The quantitative estimate of drug-likeness (QED) is 0.159. The lowest BCUT2D eigenvalue weighted by Gasteiger charge is -2.50. The number of ether oxygens (including phenoxy) is 7. The highest BCUT2D eigenvalue weighted by molar-refractivity contribution is 5.88. The van der Waals surface area contributed by atoms with Crippen LogP contribution in [0.4, 0.5) is 0 Å². The van der Waals surface area contributed by atoms with Crippen LogP contribution >= 0.6 is 0 Å². The lowest BCUT2D eigenvalue weighted by atomic mass is 9.73. The van der Waals surface area contributed by atoms with Crippen LogP contribution in [0.1, 0.15) is 108 Å². The Bertz CT molecular complexity index is 1370. The van der Waals surface area contributed by atoms with Crippen molar-refractivity contribution in [1.82, 2.24) is 10.2 Å². The van der Waals surface area contributed by atoms with E-state index in [9.17, 15) is 25.2 Å². The molecule has 4 aliphatic rings. The molecule has 0 aromatic carbocycles. The molecule has 0 aliphatic carbocycles. The minimum atomic E-state index is -1.90. The second-order valence-corrected chi connectivity index (χ2v) is 18.8. The first-order valence-electron chi connectivity index (χ1n) is 21.8. The molecule has 16 nitrogen and oxygen atoms in total. The Morgan fingerprint density at radius 1 is 0.915 bits per heavy atom. The molecule has 16 heteroatoms. The van der Waals surface area contributed by atoms with Crippen molar-refractivity contribution in [1.29, 1.82) is 0 Å². The van der Waals surface area contributed by atoms with E-state index < -0.39 is 102 Å². The number of rotatable bonds is 10. The Morgan fingerprint density at radius 2 is 1.58 bits per heavy atom. The predicted octanol–water partition coefficient (Wildman–Crippen LogP) is 3.00. The van der Waals surface area contributed by atoms with E-state index in [2.05, 4.69) is 5.32 Å². The van der Waals surface area contributed by atoms with E-state index in [1.807, 2.05) is 46.7 Å². The molecule has 344 valence electrons. The molecule has 0 amide bonds. The average Bonchev–Trinajstić information content (AvgIpc) is 3.19. The van der Waals surface area contributed by atoms with Gasteiger partial charge in [0.15, 0.2) is 12.6 Å². The number of nitrogens with zero attached hydrogens (tertiary/aromatic N) is 2. The monoisotopic (exact) mass is 846 g/mol. The van der Waals surface area contributed by atoms with Crippen molar-refractivity contribution >= 4 is 11.7 Å². The first kappa shape index (κ1) is 50.1. The topological polar surface area (TPSA) is 199 Å². The summed E-state index contributed by atoms with van der Waals surface area (Å²) in [4.78, 5) is 22.6. The van der Waals surface area contributed by atoms with Gasteiger partial charge in [-0.05, 0) is 94.3 Å². The van der Waals surface area contributed by atoms with E-state index in [0.29, 0.717) is 18.7 Å². The average molecular weight is 846 g/mol. The molecular weight excluding hydrogens is 766 g/mol. The fourth-order valence-corrected chi connectivity index (χ4v) is 9.81. The number of esters is 1. The molecule has 4 fully saturated rings. The molecule has 59 heavy (non-hydrogen) atoms. The van der Waals surface area contributed by atoms with Gasteiger partial charge in [-0.1, -0.05) is 32.9 Å². The first-order valence-corrected chi connectivity index (χ1v) is 21.8. The second-order valence-electron chi connectivity index (χ2n) is 18.8. The number of aliphatic hydroxyl groups is 4. The van der Waals surface area contributed by atoms with E-state index in [0.717, 1.165) is 19.4 Å². The smallest absolute Gasteiger partial charge is 0.311 e. The van der Waals surface area contributed by atoms with Gasteiger partial charge in [0, 0.05) is 51.0 Å². The third kappa shape index (κ3) is 11.4. The maximum Gasteiger partial charge on any atom is 0.311 e. The highest BCUT2D eigenvalue weighted by Gasteiger charge is 2.54. The van der Waals surface area contributed by atoms with Crippen LogP contribution in [0, 0.1) is 23.7 Å². The van der Waals surface area contributed by atoms with E-state index >= 15 is 0 Å². The summed E-state index contributed by atoms with van der Waals surface area (Å²) in [5.74, 6) is -3.52. The lowest BCUT2D eigenvalue weighted by Crippen LogP contribution is -2.61. The van der Waals surface area contributed by atoms with Gasteiger partial charge in [-0.25, -0.2) is 0 Å². The number of aliphatic hydroxyl groups excluding tert-OH is 3. The Labute approximate surface area is 352 Å². The molecule has 0 aromatic rings. The molecular formula is C43H79N3O13. The number of piperidine rings is 1. The van der Waals surface area contributed by atoms with Gasteiger partial charge < -0.3 is 68.6 Å². The zero-order valence-electron chi connectivity index (χ0n) is 38.3. The lowest BCUT2D eigenvalue weighted by molar-refractivity contribution is -0.319. The normalized spacial score (nSPS) is 48.1. The summed E-state index contributed by atoms with van der Waals surface area (Å²) < 4.78 is 44.9. The fraction of sp³-hybridized carbons (Fsp3) is 0.953. The third-order valence-electron chi connectivity index (χ3n) is 13.9. The van der Waals surface area contributed by atoms with Crippen molar-refractivity contribution in [2.24, 2.45) is 28.8 Å². The number of hydrogen-bond acceptors (Lipinski definition) is 16. The number of likely N-dealkylation sites (N-methyl/N-ethyl adjacent to an activating group) is 1. The predicted molar refractivity (Wildman–Crippen MR) is 220 cm³/mol. The summed E-state index contributed by atoms with van der Waals surface area (Å²) in [5, 5.41) is 55.0. The van der Waals surface area contributed by atoms with Crippen molar-refractivity contribution in [3.8, 4) is 0 Å². The maximum atomic E-state index is 14.5. The van der Waals surface area contributed by atoms with Crippen molar-refractivity contribution in [3.05, 3.63) is 0 Å². The summed E-state index contributed by atoms with van der Waals surface area (Å²) in [6.45, 7) is 19.5. The molecule has 5 unspecified atom stereocenters. The van der Waals surface area contributed by atoms with Crippen LogP contribution in [0.5, 0.6) is 0 Å². The van der Waals surface area contributed by atoms with E-state index in [1.165, 1.54) is 14.0 Å². The van der Waals surface area contributed by atoms with Crippen LogP contribution in [0.25, 0.3) is 0 Å². The van der Waals surface area contributed by atoms with Crippen molar-refractivity contribution in [2.75, 3.05) is 41.4 Å². The molecule has 4 rings (SSSR count). The van der Waals surface area contributed by atoms with Gasteiger partial charge in [-0.15, -0.1) is 0 Å². The summed E-state index contributed by atoms with van der Waals surface area (Å²) >= 11 is 0. The number of hydrogen-bond donors (Lipinski definition) is 5. The maximum absolute atomic E-state index is 14.5. The minimum Gasteiger partial charge on any atom is -0.459 e. The number of methoxy groups -OCH3 is 2. The van der Waals surface area contributed by atoms with Crippen LogP contribution in [-0.2, 0) is 42.8 Å². The van der Waals surface area contributed by atoms with Gasteiger partial charge in [0.1, 0.15) is 30.0 Å². The van der Waals surface area contributed by atoms with Gasteiger partial charge in [0.2, 0.25) is 0 Å². The third-order valence-corrected chi connectivity index (χ3v) is 13.9. The standard InChI is InChI=1S/C43H79N3O13/c1-15-31-43(10,51)36(48)25(4)33(45-59-29-17-16-18-44-22-29)23(2)20-42(9,53-14)38(58-40-34(47)30(46(11)12)19-24(3)54-40)26(5)35(27(6)39(50)56-31)57-32-21-41(8,52-13)37(49)28(7)55-32/h23-32,34-38,40,44,47-49,51H,15-22H2,1-14H3/b45-33+/t23-,24-,25+,26+,27-,28?,29?,30+,31-,32?,34-,35+,36-,37?,38-,40+,41?,42-,43-/m1/s1. The van der Waals surface area contributed by atoms with Crippen LogP contribution in [0.3, 0.4) is 0 Å². The van der Waals surface area contributed by atoms with E-state index in [-0.39, 0.29) is 37.5 Å². The van der Waals surface area contributed by atoms with Crippen molar-refractivity contribution < 1.29 is 63.2 Å². The van der Waals surface area contributed by atoms with Crippen LogP contribution in [-0.4, -0.2) is 169 Å².